The molecule has 3 aromatic rings. The fourth-order valence-electron chi connectivity index (χ4n) is 2.41. The van der Waals surface area contributed by atoms with Gasteiger partial charge in [-0.2, -0.15) is 0 Å². The highest BCUT2D eigenvalue weighted by Crippen LogP contribution is 2.37. The van der Waals surface area contributed by atoms with Crippen LogP contribution in [0.15, 0.2) is 18.3 Å². The van der Waals surface area contributed by atoms with Crippen LogP contribution in [0, 0.1) is 18.6 Å². The minimum Gasteiger partial charge on any atom is -0.490 e. The molecule has 0 aliphatic carbocycles. The van der Waals surface area contributed by atoms with Crippen molar-refractivity contribution in [1.82, 2.24) is 14.6 Å². The number of imidazole rings is 1. The Morgan fingerprint density at radius 3 is 3.10 bits per heavy atom. The Kier molecular flexibility index (Phi) is 2.61. The Hall–Kier alpha value is -2.22. The van der Waals surface area contributed by atoms with Gasteiger partial charge in [0.15, 0.2) is 0 Å². The molecule has 108 valence electrons. The number of aryl methyl sites for hydroxylation is 1. The molecule has 21 heavy (non-hydrogen) atoms. The number of hydrogen-bond donors (Lipinski definition) is 1. The van der Waals surface area contributed by atoms with Crippen molar-refractivity contribution in [2.45, 2.75) is 13.0 Å². The number of aromatic nitrogens is 3. The van der Waals surface area contributed by atoms with Crippen molar-refractivity contribution in [3.05, 3.63) is 41.2 Å². The Balaban J connectivity index is 1.66. The number of benzene rings is 1. The van der Waals surface area contributed by atoms with E-state index in [2.05, 4.69) is 15.4 Å². The topological polar surface area (TPSA) is 51.5 Å². The first kappa shape index (κ1) is 12.5. The zero-order valence-corrected chi connectivity index (χ0v) is 11.7. The number of halogens is 2. The van der Waals surface area contributed by atoms with E-state index in [1.807, 2.05) is 13.1 Å². The average molecular weight is 308 g/mol. The first-order valence-corrected chi connectivity index (χ1v) is 7.13. The Morgan fingerprint density at radius 1 is 1.43 bits per heavy atom. The molecule has 8 heteroatoms. The number of nitrogens with zero attached hydrogens (tertiary/aromatic N) is 3. The number of rotatable bonds is 2. The van der Waals surface area contributed by atoms with Gasteiger partial charge in [0.1, 0.15) is 24.0 Å². The van der Waals surface area contributed by atoms with E-state index in [1.54, 1.807) is 4.52 Å². The van der Waals surface area contributed by atoms with Crippen molar-refractivity contribution >= 4 is 21.4 Å². The van der Waals surface area contributed by atoms with E-state index in [9.17, 15) is 8.78 Å². The first-order chi connectivity index (χ1) is 10.1. The number of ether oxygens (including phenoxy) is 1. The van der Waals surface area contributed by atoms with Gasteiger partial charge in [0.2, 0.25) is 10.1 Å². The van der Waals surface area contributed by atoms with Crippen molar-refractivity contribution in [2.75, 3.05) is 11.9 Å². The Labute approximate surface area is 122 Å². The zero-order valence-electron chi connectivity index (χ0n) is 10.9. The van der Waals surface area contributed by atoms with Gasteiger partial charge >= 0.3 is 0 Å². The van der Waals surface area contributed by atoms with Gasteiger partial charge in [-0.1, -0.05) is 11.3 Å². The molecule has 0 spiro atoms. The van der Waals surface area contributed by atoms with Crippen LogP contribution in [-0.4, -0.2) is 21.2 Å². The molecular formula is C13H10F2N4OS. The number of fused-ring (bicyclic) bond motifs is 2. The van der Waals surface area contributed by atoms with Gasteiger partial charge in [0.05, 0.1) is 23.5 Å². The lowest BCUT2D eigenvalue weighted by molar-refractivity contribution is 0.338. The molecule has 0 fully saturated rings. The molecule has 5 nitrogen and oxygen atoms in total. The normalized spacial score (nSPS) is 17.0. The molecule has 4 rings (SSSR count). The van der Waals surface area contributed by atoms with Gasteiger partial charge < -0.3 is 10.1 Å². The van der Waals surface area contributed by atoms with E-state index in [1.165, 1.54) is 17.4 Å². The largest absolute Gasteiger partial charge is 0.490 e. The lowest BCUT2D eigenvalue weighted by atomic mass is 10.1. The summed E-state index contributed by atoms with van der Waals surface area (Å²) in [6.07, 6.45) is 1.81. The quantitative estimate of drug-likeness (QED) is 0.791. The highest BCUT2D eigenvalue weighted by molar-refractivity contribution is 7.20. The molecule has 1 aliphatic rings. The van der Waals surface area contributed by atoms with E-state index in [0.717, 1.165) is 16.7 Å². The van der Waals surface area contributed by atoms with Crippen LogP contribution in [0.4, 0.5) is 13.9 Å². The SMILES string of the molecule is Cc1cn2nc(NC3COc4cc(F)cc(F)c43)sc2n1. The molecular weight excluding hydrogens is 298 g/mol. The summed E-state index contributed by atoms with van der Waals surface area (Å²) in [5.41, 5.74) is 1.22. The van der Waals surface area contributed by atoms with E-state index in [4.69, 9.17) is 4.74 Å². The van der Waals surface area contributed by atoms with Crippen molar-refractivity contribution in [3.63, 3.8) is 0 Å². The lowest BCUT2D eigenvalue weighted by Gasteiger charge is -2.10. The van der Waals surface area contributed by atoms with Gasteiger partial charge in [0.25, 0.3) is 0 Å². The first-order valence-electron chi connectivity index (χ1n) is 6.31. The van der Waals surface area contributed by atoms with Crippen LogP contribution in [0.2, 0.25) is 0 Å². The highest BCUT2D eigenvalue weighted by Gasteiger charge is 2.29. The smallest absolute Gasteiger partial charge is 0.214 e. The van der Waals surface area contributed by atoms with Crippen LogP contribution in [-0.2, 0) is 0 Å². The summed E-state index contributed by atoms with van der Waals surface area (Å²) in [5, 5.41) is 8.05. The van der Waals surface area contributed by atoms with Crippen LogP contribution in [0.25, 0.3) is 4.96 Å². The van der Waals surface area contributed by atoms with E-state index in [-0.39, 0.29) is 12.4 Å². The number of nitrogens with one attached hydrogen (secondary N) is 1. The summed E-state index contributed by atoms with van der Waals surface area (Å²) in [6, 6.07) is 1.66. The van der Waals surface area contributed by atoms with Crippen LogP contribution >= 0.6 is 11.3 Å². The third kappa shape index (κ3) is 2.02. The minimum atomic E-state index is -0.643. The second kappa shape index (κ2) is 4.39. The fraction of sp³-hybridized carbons (Fsp3) is 0.231. The summed E-state index contributed by atoms with van der Waals surface area (Å²) in [7, 11) is 0. The average Bonchev–Trinajstić information content (AvgIpc) is 3.02. The molecule has 1 unspecified atom stereocenters. The molecule has 0 amide bonds. The molecule has 2 aromatic heterocycles. The van der Waals surface area contributed by atoms with Crippen LogP contribution in [0.3, 0.4) is 0 Å². The third-order valence-corrected chi connectivity index (χ3v) is 4.13. The van der Waals surface area contributed by atoms with Gasteiger partial charge in [0, 0.05) is 12.1 Å². The Morgan fingerprint density at radius 2 is 2.29 bits per heavy atom. The summed E-state index contributed by atoms with van der Waals surface area (Å²) >= 11 is 1.37. The predicted molar refractivity (Wildman–Crippen MR) is 73.8 cm³/mol. The molecule has 1 atom stereocenters. The highest BCUT2D eigenvalue weighted by atomic mass is 32.1. The maximum Gasteiger partial charge on any atom is 0.214 e. The van der Waals surface area contributed by atoms with Crippen LogP contribution in [0.1, 0.15) is 17.3 Å². The van der Waals surface area contributed by atoms with Gasteiger partial charge in [-0.25, -0.2) is 18.3 Å². The summed E-state index contributed by atoms with van der Waals surface area (Å²) < 4.78 is 34.1. The summed E-state index contributed by atoms with van der Waals surface area (Å²) in [6.45, 7) is 2.12. The van der Waals surface area contributed by atoms with Crippen molar-refractivity contribution in [3.8, 4) is 5.75 Å². The van der Waals surface area contributed by atoms with Crippen LogP contribution < -0.4 is 10.1 Å². The molecule has 0 saturated carbocycles. The molecule has 0 radical (unpaired) electrons. The molecule has 3 heterocycles. The predicted octanol–water partition coefficient (Wildman–Crippen LogP) is 2.92. The monoisotopic (exact) mass is 308 g/mol. The lowest BCUT2D eigenvalue weighted by Crippen LogP contribution is -2.13. The molecule has 1 aromatic carbocycles. The molecule has 0 bridgehead atoms. The summed E-state index contributed by atoms with van der Waals surface area (Å²) in [5.74, 6) is -1.02. The van der Waals surface area contributed by atoms with Crippen molar-refractivity contribution in [1.29, 1.82) is 0 Å². The van der Waals surface area contributed by atoms with E-state index < -0.39 is 17.7 Å². The number of hydrogen-bond acceptors (Lipinski definition) is 5. The fourth-order valence-corrected chi connectivity index (χ4v) is 3.29. The number of anilines is 1. The minimum absolute atomic E-state index is 0.233. The van der Waals surface area contributed by atoms with Crippen molar-refractivity contribution < 1.29 is 13.5 Å². The second-order valence-electron chi connectivity index (χ2n) is 4.82. The second-order valence-corrected chi connectivity index (χ2v) is 5.78. The van der Waals surface area contributed by atoms with Gasteiger partial charge in [-0.05, 0) is 6.92 Å². The van der Waals surface area contributed by atoms with Crippen LogP contribution in [0.5, 0.6) is 5.75 Å². The van der Waals surface area contributed by atoms with E-state index >= 15 is 0 Å². The Bertz CT molecular complexity index is 813. The maximum atomic E-state index is 13.9. The standard InChI is InChI=1S/C13H10F2N4OS/c1-6-4-19-13(16-6)21-12(18-19)17-9-5-20-10-3-7(14)2-8(15)11(9)10/h2-4,9H,5H2,1H3,(H,17,18). The molecule has 0 saturated heterocycles. The van der Waals surface area contributed by atoms with E-state index in [0.29, 0.717) is 10.7 Å². The molecule has 1 aliphatic heterocycles. The van der Waals surface area contributed by atoms with Crippen molar-refractivity contribution in [2.24, 2.45) is 0 Å². The van der Waals surface area contributed by atoms with Gasteiger partial charge in [-0.15, -0.1) is 5.10 Å². The third-order valence-electron chi connectivity index (χ3n) is 3.27. The summed E-state index contributed by atoms with van der Waals surface area (Å²) in [4.78, 5) is 5.06. The maximum absolute atomic E-state index is 13.9. The van der Waals surface area contributed by atoms with Gasteiger partial charge in [-0.3, -0.25) is 0 Å². The molecule has 1 N–H and O–H groups in total. The zero-order chi connectivity index (χ0) is 14.6.